The predicted octanol–water partition coefficient (Wildman–Crippen LogP) is 2.82. The number of benzene rings is 2. The molecule has 0 unspecified atom stereocenters. The summed E-state index contributed by atoms with van der Waals surface area (Å²) in [5, 5.41) is 2.82. The van der Waals surface area contributed by atoms with Gasteiger partial charge in [-0.2, -0.15) is 0 Å². The number of nitrogens with zero attached hydrogens (tertiary/aromatic N) is 1. The third-order valence-electron chi connectivity index (χ3n) is 2.99. The van der Waals surface area contributed by atoms with Crippen LogP contribution in [0.4, 0.5) is 10.1 Å². The monoisotopic (exact) mass is 272 g/mol. The van der Waals surface area contributed by atoms with E-state index < -0.39 is 0 Å². The predicted molar refractivity (Wildman–Crippen MR) is 78.3 cm³/mol. The fraction of sp³-hybridized carbons (Fsp3) is 0.188. The van der Waals surface area contributed by atoms with Gasteiger partial charge in [-0.1, -0.05) is 18.2 Å². The number of carbonyl (C=O) groups excluding carboxylic acids is 1. The van der Waals surface area contributed by atoms with Crippen LogP contribution in [0.1, 0.15) is 15.9 Å². The lowest BCUT2D eigenvalue weighted by atomic mass is 10.1. The zero-order valence-electron chi connectivity index (χ0n) is 11.6. The van der Waals surface area contributed by atoms with Crippen molar-refractivity contribution in [1.29, 1.82) is 0 Å². The lowest BCUT2D eigenvalue weighted by molar-refractivity contribution is 0.0951. The second kappa shape index (κ2) is 6.19. The fourth-order valence-corrected chi connectivity index (χ4v) is 1.81. The maximum absolute atomic E-state index is 12.8. The van der Waals surface area contributed by atoms with Gasteiger partial charge in [-0.15, -0.1) is 0 Å². The van der Waals surface area contributed by atoms with Crippen LogP contribution in [0, 0.1) is 5.82 Å². The summed E-state index contributed by atoms with van der Waals surface area (Å²) in [6.07, 6.45) is 0. The van der Waals surface area contributed by atoms with Gasteiger partial charge in [0.25, 0.3) is 5.91 Å². The molecule has 1 amide bonds. The van der Waals surface area contributed by atoms with Crippen LogP contribution in [0.15, 0.2) is 48.5 Å². The highest BCUT2D eigenvalue weighted by atomic mass is 19.1. The molecule has 0 radical (unpaired) electrons. The molecule has 0 atom stereocenters. The molecule has 0 heterocycles. The van der Waals surface area contributed by atoms with Gasteiger partial charge in [0.15, 0.2) is 0 Å². The second-order valence-electron chi connectivity index (χ2n) is 4.75. The maximum Gasteiger partial charge on any atom is 0.251 e. The summed E-state index contributed by atoms with van der Waals surface area (Å²) in [6.45, 7) is 0.380. The van der Waals surface area contributed by atoms with Gasteiger partial charge in [0, 0.05) is 31.9 Å². The molecule has 0 spiro atoms. The molecule has 104 valence electrons. The van der Waals surface area contributed by atoms with Gasteiger partial charge in [-0.25, -0.2) is 4.39 Å². The summed E-state index contributed by atoms with van der Waals surface area (Å²) < 4.78 is 12.8. The molecule has 0 aliphatic rings. The van der Waals surface area contributed by atoms with Crippen molar-refractivity contribution in [3.05, 3.63) is 65.5 Å². The number of anilines is 1. The molecule has 2 rings (SSSR count). The van der Waals surface area contributed by atoms with E-state index in [-0.39, 0.29) is 11.7 Å². The molecular formula is C16H17FN2O. The van der Waals surface area contributed by atoms with Crippen LogP contribution >= 0.6 is 0 Å². The average Bonchev–Trinajstić information content (AvgIpc) is 2.46. The Labute approximate surface area is 118 Å². The highest BCUT2D eigenvalue weighted by molar-refractivity contribution is 5.95. The van der Waals surface area contributed by atoms with Crippen LogP contribution in [0.25, 0.3) is 0 Å². The fourth-order valence-electron chi connectivity index (χ4n) is 1.81. The van der Waals surface area contributed by atoms with Crippen molar-refractivity contribution in [2.75, 3.05) is 19.0 Å². The van der Waals surface area contributed by atoms with E-state index in [1.807, 2.05) is 37.2 Å². The minimum Gasteiger partial charge on any atom is -0.378 e. The number of hydrogen-bond acceptors (Lipinski definition) is 2. The van der Waals surface area contributed by atoms with Crippen LogP contribution in [0.3, 0.4) is 0 Å². The minimum absolute atomic E-state index is 0.141. The van der Waals surface area contributed by atoms with E-state index in [0.717, 1.165) is 11.3 Å². The van der Waals surface area contributed by atoms with E-state index in [0.29, 0.717) is 12.1 Å². The number of hydrogen-bond donors (Lipinski definition) is 1. The first-order valence-corrected chi connectivity index (χ1v) is 6.36. The van der Waals surface area contributed by atoms with E-state index in [4.69, 9.17) is 0 Å². The summed E-state index contributed by atoms with van der Waals surface area (Å²) in [4.78, 5) is 14.0. The molecule has 1 N–H and O–H groups in total. The molecule has 2 aromatic carbocycles. The van der Waals surface area contributed by atoms with Crippen LogP contribution in [-0.4, -0.2) is 20.0 Å². The molecule has 0 aromatic heterocycles. The van der Waals surface area contributed by atoms with Gasteiger partial charge in [0.1, 0.15) is 5.82 Å². The summed E-state index contributed by atoms with van der Waals surface area (Å²) in [5.41, 5.74) is 2.45. The molecule has 0 saturated carbocycles. The van der Waals surface area contributed by atoms with Crippen molar-refractivity contribution in [3.8, 4) is 0 Å². The first-order chi connectivity index (χ1) is 9.56. The van der Waals surface area contributed by atoms with Gasteiger partial charge in [0.2, 0.25) is 0 Å². The SMILES string of the molecule is CN(C)c1cccc(C(=O)NCc2ccc(F)cc2)c1. The Morgan fingerprint density at radius 3 is 2.50 bits per heavy atom. The van der Waals surface area contributed by atoms with E-state index >= 15 is 0 Å². The topological polar surface area (TPSA) is 32.3 Å². The second-order valence-corrected chi connectivity index (χ2v) is 4.75. The van der Waals surface area contributed by atoms with Crippen molar-refractivity contribution in [1.82, 2.24) is 5.32 Å². The van der Waals surface area contributed by atoms with Crippen molar-refractivity contribution >= 4 is 11.6 Å². The Kier molecular flexibility index (Phi) is 4.35. The Balaban J connectivity index is 2.01. The first kappa shape index (κ1) is 14.1. The van der Waals surface area contributed by atoms with Gasteiger partial charge in [-0.05, 0) is 35.9 Å². The molecule has 20 heavy (non-hydrogen) atoms. The van der Waals surface area contributed by atoms with Crippen LogP contribution in [0.5, 0.6) is 0 Å². The lowest BCUT2D eigenvalue weighted by Crippen LogP contribution is -2.23. The van der Waals surface area contributed by atoms with E-state index in [1.54, 1.807) is 18.2 Å². The quantitative estimate of drug-likeness (QED) is 0.928. The molecule has 3 nitrogen and oxygen atoms in total. The van der Waals surface area contributed by atoms with E-state index in [2.05, 4.69) is 5.32 Å². The molecule has 0 saturated heterocycles. The molecule has 0 fully saturated rings. The van der Waals surface area contributed by atoms with Gasteiger partial charge < -0.3 is 10.2 Å². The van der Waals surface area contributed by atoms with Gasteiger partial charge in [-0.3, -0.25) is 4.79 Å². The van der Waals surface area contributed by atoms with Gasteiger partial charge >= 0.3 is 0 Å². The molecule has 0 aliphatic heterocycles. The van der Waals surface area contributed by atoms with Gasteiger partial charge in [0.05, 0.1) is 0 Å². The Hall–Kier alpha value is -2.36. The third kappa shape index (κ3) is 3.57. The van der Waals surface area contributed by atoms with Crippen LogP contribution in [0.2, 0.25) is 0 Å². The van der Waals surface area contributed by atoms with E-state index in [1.165, 1.54) is 12.1 Å². The lowest BCUT2D eigenvalue weighted by Gasteiger charge is -2.13. The number of halogens is 1. The molecule has 2 aromatic rings. The average molecular weight is 272 g/mol. The highest BCUT2D eigenvalue weighted by Crippen LogP contribution is 2.13. The van der Waals surface area contributed by atoms with Crippen LogP contribution in [-0.2, 0) is 6.54 Å². The Morgan fingerprint density at radius 2 is 1.85 bits per heavy atom. The van der Waals surface area contributed by atoms with Crippen molar-refractivity contribution in [2.45, 2.75) is 6.54 Å². The van der Waals surface area contributed by atoms with E-state index in [9.17, 15) is 9.18 Å². The smallest absolute Gasteiger partial charge is 0.251 e. The highest BCUT2D eigenvalue weighted by Gasteiger charge is 2.06. The minimum atomic E-state index is -0.279. The Morgan fingerprint density at radius 1 is 1.15 bits per heavy atom. The van der Waals surface area contributed by atoms with Crippen LogP contribution < -0.4 is 10.2 Å². The summed E-state index contributed by atoms with van der Waals surface area (Å²) in [7, 11) is 3.85. The van der Waals surface area contributed by atoms with Crippen molar-refractivity contribution in [3.63, 3.8) is 0 Å². The largest absolute Gasteiger partial charge is 0.378 e. The molecule has 0 aliphatic carbocycles. The first-order valence-electron chi connectivity index (χ1n) is 6.36. The third-order valence-corrected chi connectivity index (χ3v) is 2.99. The van der Waals surface area contributed by atoms with Crippen molar-refractivity contribution < 1.29 is 9.18 Å². The zero-order valence-corrected chi connectivity index (χ0v) is 11.6. The number of nitrogens with one attached hydrogen (secondary N) is 1. The van der Waals surface area contributed by atoms with Crippen molar-refractivity contribution in [2.24, 2.45) is 0 Å². The summed E-state index contributed by atoms with van der Waals surface area (Å²) >= 11 is 0. The summed E-state index contributed by atoms with van der Waals surface area (Å²) in [6, 6.07) is 13.5. The summed E-state index contributed by atoms with van der Waals surface area (Å²) in [5.74, 6) is -0.420. The number of amides is 1. The zero-order chi connectivity index (χ0) is 14.5. The molecule has 4 heteroatoms. The maximum atomic E-state index is 12.8. The molecule has 0 bridgehead atoms. The number of carbonyl (C=O) groups is 1. The normalized spacial score (nSPS) is 10.2. The standard InChI is InChI=1S/C16H17FN2O/c1-19(2)15-5-3-4-13(10-15)16(20)18-11-12-6-8-14(17)9-7-12/h3-10H,11H2,1-2H3,(H,18,20). The Bertz CT molecular complexity index is 594. The molecular weight excluding hydrogens is 255 g/mol. The number of rotatable bonds is 4.